The highest BCUT2D eigenvalue weighted by atomic mass is 16.1. The summed E-state index contributed by atoms with van der Waals surface area (Å²) in [5.41, 5.74) is -0.231. The molecule has 0 radical (unpaired) electrons. The highest BCUT2D eigenvalue weighted by Gasteiger charge is 2.36. The third kappa shape index (κ3) is 4.46. The van der Waals surface area contributed by atoms with Gasteiger partial charge >= 0.3 is 0 Å². The molecule has 2 fully saturated rings. The minimum absolute atomic E-state index is 0.0911. The van der Waals surface area contributed by atoms with Crippen LogP contribution in [0.1, 0.15) is 78.6 Å². The molecule has 2 aliphatic carbocycles. The number of hydrogen-bond donors (Lipinski definition) is 1. The fraction of sp³-hybridized carbons (Fsp3) is 0.889. The number of hydrogen-bond acceptors (Lipinski definition) is 2. The number of nitriles is 1. The topological polar surface area (TPSA) is 52.9 Å². The molecule has 3 heteroatoms. The summed E-state index contributed by atoms with van der Waals surface area (Å²) in [6.07, 6.45) is 9.07. The number of nitrogens with one attached hydrogen (secondary N) is 1. The van der Waals surface area contributed by atoms with Crippen LogP contribution in [0.3, 0.4) is 0 Å². The standard InChI is InChI=1S/C18H30N2O/c1-14-9-15(12-17(2,3)11-14)10-16(21)20-18(13-19)7-5-4-6-8-18/h14-15H,4-12H2,1-3H3,(H,20,21)/t14-,15+/m1/s1. The normalized spacial score (nSPS) is 31.1. The highest BCUT2D eigenvalue weighted by molar-refractivity contribution is 5.77. The van der Waals surface area contributed by atoms with Crippen molar-refractivity contribution in [2.75, 3.05) is 0 Å². The van der Waals surface area contributed by atoms with Gasteiger partial charge in [0.25, 0.3) is 0 Å². The van der Waals surface area contributed by atoms with E-state index in [0.29, 0.717) is 23.7 Å². The van der Waals surface area contributed by atoms with E-state index in [2.05, 4.69) is 32.2 Å². The van der Waals surface area contributed by atoms with Crippen molar-refractivity contribution in [2.45, 2.75) is 84.1 Å². The molecular formula is C18H30N2O. The van der Waals surface area contributed by atoms with Gasteiger partial charge in [-0.05, 0) is 49.4 Å². The van der Waals surface area contributed by atoms with Crippen molar-refractivity contribution in [3.05, 3.63) is 0 Å². The van der Waals surface area contributed by atoms with Gasteiger partial charge in [0, 0.05) is 6.42 Å². The van der Waals surface area contributed by atoms with Gasteiger partial charge in [0.05, 0.1) is 6.07 Å². The van der Waals surface area contributed by atoms with Crippen LogP contribution in [0.4, 0.5) is 0 Å². The van der Waals surface area contributed by atoms with Crippen molar-refractivity contribution >= 4 is 5.91 Å². The quantitative estimate of drug-likeness (QED) is 0.847. The maximum absolute atomic E-state index is 12.4. The second kappa shape index (κ2) is 6.38. The maximum Gasteiger partial charge on any atom is 0.221 e. The molecule has 0 aromatic carbocycles. The molecule has 0 heterocycles. The molecule has 0 bridgehead atoms. The molecule has 0 saturated heterocycles. The molecule has 2 atom stereocenters. The lowest BCUT2D eigenvalue weighted by Crippen LogP contribution is -2.49. The minimum Gasteiger partial charge on any atom is -0.338 e. The summed E-state index contributed by atoms with van der Waals surface area (Å²) < 4.78 is 0. The highest BCUT2D eigenvalue weighted by Crippen LogP contribution is 2.42. The summed E-state index contributed by atoms with van der Waals surface area (Å²) in [4.78, 5) is 12.4. The molecule has 2 rings (SSSR count). The van der Waals surface area contributed by atoms with Gasteiger partial charge in [0.2, 0.25) is 5.91 Å². The first-order valence-electron chi connectivity index (χ1n) is 8.56. The van der Waals surface area contributed by atoms with Gasteiger partial charge in [0.15, 0.2) is 0 Å². The number of amides is 1. The predicted molar refractivity (Wildman–Crippen MR) is 84.5 cm³/mol. The summed E-state index contributed by atoms with van der Waals surface area (Å²) in [6, 6.07) is 2.38. The average molecular weight is 290 g/mol. The molecule has 2 aliphatic rings. The Labute approximate surface area is 129 Å². The molecule has 3 nitrogen and oxygen atoms in total. The Kier molecular flexibility index (Phi) is 4.96. The molecule has 1 N–H and O–H groups in total. The molecule has 21 heavy (non-hydrogen) atoms. The van der Waals surface area contributed by atoms with Crippen molar-refractivity contribution < 1.29 is 4.79 Å². The van der Waals surface area contributed by atoms with Crippen LogP contribution in [-0.4, -0.2) is 11.4 Å². The number of carbonyl (C=O) groups excluding carboxylic acids is 1. The Balaban J connectivity index is 1.90. The molecule has 0 aliphatic heterocycles. The van der Waals surface area contributed by atoms with E-state index in [4.69, 9.17) is 0 Å². The van der Waals surface area contributed by atoms with Gasteiger partial charge in [0.1, 0.15) is 5.54 Å². The zero-order valence-corrected chi connectivity index (χ0v) is 13.9. The van der Waals surface area contributed by atoms with E-state index in [1.54, 1.807) is 0 Å². The fourth-order valence-corrected chi connectivity index (χ4v) is 4.70. The number of nitrogens with zero attached hydrogens (tertiary/aromatic N) is 1. The first-order chi connectivity index (χ1) is 9.84. The predicted octanol–water partition coefficient (Wildman–Crippen LogP) is 4.18. The van der Waals surface area contributed by atoms with Crippen molar-refractivity contribution in [1.29, 1.82) is 5.26 Å². The zero-order valence-electron chi connectivity index (χ0n) is 13.9. The van der Waals surface area contributed by atoms with E-state index in [1.807, 2.05) is 0 Å². The van der Waals surface area contributed by atoms with Gasteiger partial charge in [-0.25, -0.2) is 0 Å². The van der Waals surface area contributed by atoms with E-state index >= 15 is 0 Å². The maximum atomic E-state index is 12.4. The van der Waals surface area contributed by atoms with Gasteiger partial charge in [-0.2, -0.15) is 5.26 Å². The lowest BCUT2D eigenvalue weighted by molar-refractivity contribution is -0.124. The van der Waals surface area contributed by atoms with E-state index in [-0.39, 0.29) is 5.91 Å². The average Bonchev–Trinajstić information content (AvgIpc) is 2.37. The number of rotatable bonds is 3. The smallest absolute Gasteiger partial charge is 0.221 e. The van der Waals surface area contributed by atoms with Crippen molar-refractivity contribution in [3.8, 4) is 6.07 Å². The van der Waals surface area contributed by atoms with Crippen molar-refractivity contribution in [3.63, 3.8) is 0 Å². The van der Waals surface area contributed by atoms with Gasteiger partial charge in [-0.3, -0.25) is 4.79 Å². The van der Waals surface area contributed by atoms with Gasteiger partial charge < -0.3 is 5.32 Å². The molecule has 0 aromatic heterocycles. The van der Waals surface area contributed by atoms with Crippen molar-refractivity contribution in [1.82, 2.24) is 5.32 Å². The zero-order chi connectivity index (χ0) is 15.5. The van der Waals surface area contributed by atoms with Crippen LogP contribution in [-0.2, 0) is 4.79 Å². The van der Waals surface area contributed by atoms with Crippen LogP contribution in [0.5, 0.6) is 0 Å². The Bertz CT molecular complexity index is 415. The lowest BCUT2D eigenvalue weighted by atomic mass is 9.67. The summed E-state index contributed by atoms with van der Waals surface area (Å²) in [6.45, 7) is 6.92. The largest absolute Gasteiger partial charge is 0.338 e. The van der Waals surface area contributed by atoms with Gasteiger partial charge in [-0.15, -0.1) is 0 Å². The summed E-state index contributed by atoms with van der Waals surface area (Å²) in [7, 11) is 0. The van der Waals surface area contributed by atoms with Crippen LogP contribution in [0, 0.1) is 28.6 Å². The van der Waals surface area contributed by atoms with E-state index in [0.717, 1.165) is 38.5 Å². The summed E-state index contributed by atoms with van der Waals surface area (Å²) in [5.74, 6) is 1.27. The lowest BCUT2D eigenvalue weighted by Gasteiger charge is -2.39. The Morgan fingerprint density at radius 3 is 2.48 bits per heavy atom. The molecule has 1 amide bonds. The second-order valence-corrected chi connectivity index (χ2v) is 8.29. The molecule has 0 aromatic rings. The van der Waals surface area contributed by atoms with E-state index in [1.165, 1.54) is 12.8 Å². The monoisotopic (exact) mass is 290 g/mol. The summed E-state index contributed by atoms with van der Waals surface area (Å²) >= 11 is 0. The fourth-order valence-electron chi connectivity index (χ4n) is 4.70. The molecule has 0 unspecified atom stereocenters. The Morgan fingerprint density at radius 1 is 1.24 bits per heavy atom. The van der Waals surface area contributed by atoms with Crippen LogP contribution < -0.4 is 5.32 Å². The number of carbonyl (C=O) groups is 1. The molecule has 2 saturated carbocycles. The Morgan fingerprint density at radius 2 is 1.90 bits per heavy atom. The first kappa shape index (κ1) is 16.3. The minimum atomic E-state index is -0.578. The molecule has 118 valence electrons. The van der Waals surface area contributed by atoms with Gasteiger partial charge in [-0.1, -0.05) is 40.0 Å². The first-order valence-corrected chi connectivity index (χ1v) is 8.56. The SMILES string of the molecule is C[C@@H]1C[C@@H](CC(=O)NC2(C#N)CCCCC2)CC(C)(C)C1. The van der Waals surface area contributed by atoms with E-state index < -0.39 is 5.54 Å². The Hall–Kier alpha value is -1.04. The third-order valence-corrected chi connectivity index (χ3v) is 5.25. The van der Waals surface area contributed by atoms with Crippen LogP contribution in [0.15, 0.2) is 0 Å². The molecule has 0 spiro atoms. The van der Waals surface area contributed by atoms with Crippen LogP contribution in [0.25, 0.3) is 0 Å². The van der Waals surface area contributed by atoms with Crippen LogP contribution in [0.2, 0.25) is 0 Å². The third-order valence-electron chi connectivity index (χ3n) is 5.25. The molecular weight excluding hydrogens is 260 g/mol. The van der Waals surface area contributed by atoms with Crippen molar-refractivity contribution in [2.24, 2.45) is 17.3 Å². The van der Waals surface area contributed by atoms with Crippen LogP contribution >= 0.6 is 0 Å². The second-order valence-electron chi connectivity index (χ2n) is 8.29. The van der Waals surface area contributed by atoms with E-state index in [9.17, 15) is 10.1 Å². The summed E-state index contributed by atoms with van der Waals surface area (Å²) in [5, 5.41) is 12.5.